The Balaban J connectivity index is 2.28. The van der Waals surface area contributed by atoms with Crippen LogP contribution in [-0.2, 0) is 0 Å². The lowest BCUT2D eigenvalue weighted by molar-refractivity contribution is 0.0998. The molecule has 2 rings (SSSR count). The molecule has 1 saturated heterocycles. The van der Waals surface area contributed by atoms with Crippen molar-refractivity contribution in [2.45, 2.75) is 44.9 Å². The summed E-state index contributed by atoms with van der Waals surface area (Å²) in [4.78, 5) is 19.2. The summed E-state index contributed by atoms with van der Waals surface area (Å²) >= 11 is 7.66. The van der Waals surface area contributed by atoms with Gasteiger partial charge in [0.1, 0.15) is 5.75 Å². The molecule has 1 aliphatic heterocycles. The van der Waals surface area contributed by atoms with Gasteiger partial charge in [-0.05, 0) is 31.5 Å². The van der Waals surface area contributed by atoms with Crippen LogP contribution in [0.4, 0.5) is 0 Å². The first-order valence-corrected chi connectivity index (χ1v) is 9.13. The Kier molecular flexibility index (Phi) is 6.36. The average Bonchev–Trinajstić information content (AvgIpc) is 2.79. The smallest absolute Gasteiger partial charge is 0.283 e. The van der Waals surface area contributed by atoms with E-state index in [-0.39, 0.29) is 5.91 Å². The van der Waals surface area contributed by atoms with Gasteiger partial charge in [-0.3, -0.25) is 4.79 Å². The van der Waals surface area contributed by atoms with E-state index in [1.54, 1.807) is 30.0 Å². The molecule has 23 heavy (non-hydrogen) atoms. The normalized spacial score (nSPS) is 22.7. The zero-order chi connectivity index (χ0) is 17.0. The number of carbonyl (C=O) groups excluding carboxylic acids is 1. The van der Waals surface area contributed by atoms with Crippen molar-refractivity contribution in [2.24, 2.45) is 4.99 Å². The maximum absolute atomic E-state index is 12.6. The van der Waals surface area contributed by atoms with Gasteiger partial charge in [-0.25, -0.2) is 0 Å². The van der Waals surface area contributed by atoms with Crippen LogP contribution in [0.25, 0.3) is 0 Å². The number of benzene rings is 1. The molecule has 126 valence electrons. The molecule has 0 aliphatic carbocycles. The number of hydrogen-bond acceptors (Lipinski definition) is 3. The van der Waals surface area contributed by atoms with Crippen molar-refractivity contribution in [3.05, 3.63) is 28.8 Å². The van der Waals surface area contributed by atoms with Crippen LogP contribution in [0, 0.1) is 0 Å². The number of amides is 1. The molecule has 6 heteroatoms. The fourth-order valence-electron chi connectivity index (χ4n) is 2.47. The highest BCUT2D eigenvalue weighted by Gasteiger charge is 2.33. The molecule has 0 radical (unpaired) electrons. The van der Waals surface area contributed by atoms with Crippen molar-refractivity contribution in [1.82, 2.24) is 4.90 Å². The zero-order valence-electron chi connectivity index (χ0n) is 14.0. The maximum Gasteiger partial charge on any atom is 0.283 e. The molecule has 1 heterocycles. The molecule has 1 fully saturated rings. The zero-order valence-corrected chi connectivity index (χ0v) is 15.6. The predicted octanol–water partition coefficient (Wildman–Crippen LogP) is 4.47. The summed E-state index contributed by atoms with van der Waals surface area (Å²) in [7, 11) is 1.54. The number of amidine groups is 1. The SMILES string of the molecule is CCCCN1C(=NC(=O)c2cc(Cl)ccc2OC)SC(C)C1C. The Bertz CT molecular complexity index is 606. The minimum atomic E-state index is -0.311. The Morgan fingerprint density at radius 1 is 1.43 bits per heavy atom. The van der Waals surface area contributed by atoms with E-state index in [0.29, 0.717) is 27.6 Å². The number of halogens is 1. The van der Waals surface area contributed by atoms with Crippen LogP contribution in [0.2, 0.25) is 5.02 Å². The molecule has 1 aromatic rings. The van der Waals surface area contributed by atoms with Gasteiger partial charge in [-0.2, -0.15) is 4.99 Å². The van der Waals surface area contributed by atoms with Gasteiger partial charge in [0.25, 0.3) is 5.91 Å². The summed E-state index contributed by atoms with van der Waals surface area (Å²) in [6.45, 7) is 7.44. The summed E-state index contributed by atoms with van der Waals surface area (Å²) in [6.07, 6.45) is 2.21. The van der Waals surface area contributed by atoms with Gasteiger partial charge < -0.3 is 9.64 Å². The van der Waals surface area contributed by atoms with E-state index in [0.717, 1.165) is 24.6 Å². The molecule has 4 nitrogen and oxygen atoms in total. The second kappa shape index (κ2) is 8.06. The first-order chi connectivity index (χ1) is 11.0. The van der Waals surface area contributed by atoms with Gasteiger partial charge in [0.15, 0.2) is 5.17 Å². The van der Waals surface area contributed by atoms with Gasteiger partial charge in [-0.15, -0.1) is 0 Å². The summed E-state index contributed by atoms with van der Waals surface area (Å²) in [5.74, 6) is 0.183. The third-order valence-corrected chi connectivity index (χ3v) is 5.59. The second-order valence-corrected chi connectivity index (χ2v) is 7.44. The molecular weight excluding hydrogens is 332 g/mol. The minimum absolute atomic E-state index is 0.311. The highest BCUT2D eigenvalue weighted by Crippen LogP contribution is 2.32. The van der Waals surface area contributed by atoms with E-state index in [1.165, 1.54) is 7.11 Å². The first-order valence-electron chi connectivity index (χ1n) is 7.87. The van der Waals surface area contributed by atoms with Gasteiger partial charge in [0, 0.05) is 22.9 Å². The van der Waals surface area contributed by atoms with Crippen molar-refractivity contribution in [1.29, 1.82) is 0 Å². The van der Waals surface area contributed by atoms with Crippen molar-refractivity contribution >= 4 is 34.4 Å². The highest BCUT2D eigenvalue weighted by atomic mass is 35.5. The Morgan fingerprint density at radius 2 is 2.17 bits per heavy atom. The number of rotatable bonds is 5. The van der Waals surface area contributed by atoms with Gasteiger partial charge >= 0.3 is 0 Å². The molecule has 0 spiro atoms. The van der Waals surface area contributed by atoms with Crippen LogP contribution < -0.4 is 4.74 Å². The van der Waals surface area contributed by atoms with Gasteiger partial charge in [0.05, 0.1) is 12.7 Å². The molecule has 2 unspecified atom stereocenters. The predicted molar refractivity (Wildman–Crippen MR) is 97.9 cm³/mol. The van der Waals surface area contributed by atoms with E-state index in [9.17, 15) is 4.79 Å². The quantitative estimate of drug-likeness (QED) is 0.782. The monoisotopic (exact) mass is 354 g/mol. The summed E-state index contributed by atoms with van der Waals surface area (Å²) in [5.41, 5.74) is 0.399. The van der Waals surface area contributed by atoms with Crippen LogP contribution in [0.3, 0.4) is 0 Å². The maximum atomic E-state index is 12.6. The van der Waals surface area contributed by atoms with Crippen molar-refractivity contribution in [3.63, 3.8) is 0 Å². The fourth-order valence-corrected chi connectivity index (χ4v) is 3.85. The summed E-state index contributed by atoms with van der Waals surface area (Å²) in [6, 6.07) is 5.37. The summed E-state index contributed by atoms with van der Waals surface area (Å²) < 4.78 is 5.25. The third kappa shape index (κ3) is 4.21. The number of carbonyl (C=O) groups is 1. The van der Waals surface area contributed by atoms with Crippen LogP contribution in [0.1, 0.15) is 44.0 Å². The molecule has 1 aliphatic rings. The van der Waals surface area contributed by atoms with Crippen LogP contribution in [-0.4, -0.2) is 40.9 Å². The second-order valence-electron chi connectivity index (χ2n) is 5.65. The molecule has 0 aromatic heterocycles. The lowest BCUT2D eigenvalue weighted by atomic mass is 10.2. The summed E-state index contributed by atoms with van der Waals surface area (Å²) in [5, 5.41) is 1.71. The van der Waals surface area contributed by atoms with E-state index >= 15 is 0 Å². The molecule has 0 bridgehead atoms. The highest BCUT2D eigenvalue weighted by molar-refractivity contribution is 8.14. The Hall–Kier alpha value is -1.20. The average molecular weight is 355 g/mol. The molecule has 1 amide bonds. The van der Waals surface area contributed by atoms with Crippen molar-refractivity contribution < 1.29 is 9.53 Å². The van der Waals surface area contributed by atoms with Crippen molar-refractivity contribution in [2.75, 3.05) is 13.7 Å². The van der Waals surface area contributed by atoms with Crippen LogP contribution in [0.5, 0.6) is 5.75 Å². The number of ether oxygens (including phenoxy) is 1. The number of thioether (sulfide) groups is 1. The number of methoxy groups -OCH3 is 1. The van der Waals surface area contributed by atoms with E-state index < -0.39 is 0 Å². The largest absolute Gasteiger partial charge is 0.496 e. The lowest BCUT2D eigenvalue weighted by Crippen LogP contribution is -2.35. The van der Waals surface area contributed by atoms with Crippen LogP contribution >= 0.6 is 23.4 Å². The topological polar surface area (TPSA) is 41.9 Å². The van der Waals surface area contributed by atoms with E-state index in [4.69, 9.17) is 16.3 Å². The van der Waals surface area contributed by atoms with Crippen LogP contribution in [0.15, 0.2) is 23.2 Å². The molecule has 0 saturated carbocycles. The number of aliphatic imine (C=N–C) groups is 1. The van der Waals surface area contributed by atoms with E-state index in [2.05, 4.69) is 30.7 Å². The lowest BCUT2D eigenvalue weighted by Gasteiger charge is -2.24. The number of nitrogens with zero attached hydrogens (tertiary/aromatic N) is 2. The standard InChI is InChI=1S/C17H23ClN2O2S/c1-5-6-9-20-11(2)12(3)23-17(20)19-16(21)14-10-13(18)7-8-15(14)22-4/h7-8,10-12H,5-6,9H2,1-4H3. The number of unbranched alkanes of at least 4 members (excludes halogenated alkanes) is 1. The first kappa shape index (κ1) is 18.1. The van der Waals surface area contributed by atoms with Crippen molar-refractivity contribution in [3.8, 4) is 5.75 Å². The van der Waals surface area contributed by atoms with E-state index in [1.807, 2.05) is 0 Å². The minimum Gasteiger partial charge on any atom is -0.496 e. The Morgan fingerprint density at radius 3 is 2.83 bits per heavy atom. The van der Waals surface area contributed by atoms with Gasteiger partial charge in [0.2, 0.25) is 0 Å². The third-order valence-electron chi connectivity index (χ3n) is 4.05. The molecule has 1 aromatic carbocycles. The van der Waals surface area contributed by atoms with Gasteiger partial charge in [-0.1, -0.05) is 43.6 Å². The fraction of sp³-hybridized carbons (Fsp3) is 0.529. The molecule has 2 atom stereocenters. The molecule has 0 N–H and O–H groups in total. The Labute approximate surface area is 147 Å². The molecular formula is C17H23ClN2O2S. The number of hydrogen-bond donors (Lipinski definition) is 0.